The third-order valence-corrected chi connectivity index (χ3v) is 3.69. The summed E-state index contributed by atoms with van der Waals surface area (Å²) >= 11 is 0. The van der Waals surface area contributed by atoms with E-state index in [1.165, 1.54) is 0 Å². The molecule has 0 unspecified atom stereocenters. The molecule has 126 valence electrons. The number of hydrogen-bond acceptors (Lipinski definition) is 2. The van der Waals surface area contributed by atoms with E-state index in [9.17, 15) is 0 Å². The number of nitrogens with one attached hydrogen (secondary N) is 1. The lowest BCUT2D eigenvalue weighted by molar-refractivity contribution is 0.976. The third kappa shape index (κ3) is 5.18. The molecule has 0 aliphatic rings. The molecule has 1 N–H and O–H groups in total. The van der Waals surface area contributed by atoms with Crippen molar-refractivity contribution < 1.29 is 0 Å². The Balaban J connectivity index is 2.47. The number of nitrogens with zero attached hydrogens (tertiary/aromatic N) is 1. The SMILES string of the molecule is C=C/C=C(\C=C/C)CN/C(=C(\N=C)c1ccccc1)c1ccccc1. The summed E-state index contributed by atoms with van der Waals surface area (Å²) in [6.07, 6.45) is 7.89. The van der Waals surface area contributed by atoms with Crippen molar-refractivity contribution in [3.05, 3.63) is 108 Å². The first-order chi connectivity index (χ1) is 12.3. The van der Waals surface area contributed by atoms with E-state index in [0.717, 1.165) is 28.1 Å². The molecule has 0 amide bonds. The second kappa shape index (κ2) is 9.89. The molecule has 0 fully saturated rings. The van der Waals surface area contributed by atoms with Gasteiger partial charge in [0.1, 0.15) is 0 Å². The standard InChI is InChI=1S/C23H24N2/c1-4-12-19(13-5-2)18-25-23(21-16-10-7-11-17-21)22(24-3)20-14-8-6-9-15-20/h4-17,25H,1,3,18H2,2H3/b13-5-,19-12+,23-22-. The highest BCUT2D eigenvalue weighted by molar-refractivity contribution is 5.90. The first-order valence-electron chi connectivity index (χ1n) is 8.30. The smallest absolute Gasteiger partial charge is 0.0932 e. The van der Waals surface area contributed by atoms with E-state index < -0.39 is 0 Å². The van der Waals surface area contributed by atoms with Crippen molar-refractivity contribution in [3.63, 3.8) is 0 Å². The van der Waals surface area contributed by atoms with Crippen LogP contribution in [0.4, 0.5) is 0 Å². The summed E-state index contributed by atoms with van der Waals surface area (Å²) in [7, 11) is 0. The largest absolute Gasteiger partial charge is 0.379 e. The predicted molar refractivity (Wildman–Crippen MR) is 110 cm³/mol. The second-order valence-corrected chi connectivity index (χ2v) is 5.44. The van der Waals surface area contributed by atoms with Crippen LogP contribution in [0.1, 0.15) is 18.1 Å². The van der Waals surface area contributed by atoms with Crippen LogP contribution in [-0.2, 0) is 0 Å². The van der Waals surface area contributed by atoms with Gasteiger partial charge in [-0.1, -0.05) is 91.5 Å². The number of allylic oxidation sites excluding steroid dienone is 3. The van der Waals surface area contributed by atoms with Gasteiger partial charge in [-0.15, -0.1) is 0 Å². The number of rotatable bonds is 8. The fraction of sp³-hybridized carbons (Fsp3) is 0.0870. The molecule has 2 nitrogen and oxygen atoms in total. The van der Waals surface area contributed by atoms with E-state index in [1.54, 1.807) is 6.08 Å². The van der Waals surface area contributed by atoms with Gasteiger partial charge in [0, 0.05) is 12.1 Å². The molecule has 2 rings (SSSR count). The maximum Gasteiger partial charge on any atom is 0.0932 e. The minimum atomic E-state index is 0.673. The van der Waals surface area contributed by atoms with E-state index in [4.69, 9.17) is 0 Å². The lowest BCUT2D eigenvalue weighted by atomic mass is 10.0. The molecule has 0 atom stereocenters. The Bertz CT molecular complexity index is 781. The molecule has 2 aromatic rings. The summed E-state index contributed by atoms with van der Waals surface area (Å²) in [5.74, 6) is 0. The highest BCUT2D eigenvalue weighted by Crippen LogP contribution is 2.25. The van der Waals surface area contributed by atoms with Gasteiger partial charge in [-0.3, -0.25) is 4.99 Å². The van der Waals surface area contributed by atoms with E-state index in [1.807, 2.05) is 67.6 Å². The van der Waals surface area contributed by atoms with Gasteiger partial charge in [-0.05, 0) is 24.8 Å². The summed E-state index contributed by atoms with van der Waals surface area (Å²) in [4.78, 5) is 4.31. The summed E-state index contributed by atoms with van der Waals surface area (Å²) < 4.78 is 0. The highest BCUT2D eigenvalue weighted by atomic mass is 14.9. The van der Waals surface area contributed by atoms with Crippen molar-refractivity contribution in [1.82, 2.24) is 5.32 Å². The quantitative estimate of drug-likeness (QED) is 0.387. The molecule has 0 aliphatic carbocycles. The average Bonchev–Trinajstić information content (AvgIpc) is 2.66. The molecular formula is C23H24N2. The van der Waals surface area contributed by atoms with Gasteiger partial charge < -0.3 is 5.32 Å². The molecule has 0 bridgehead atoms. The Labute approximate surface area is 150 Å². The van der Waals surface area contributed by atoms with Crippen LogP contribution in [-0.4, -0.2) is 13.3 Å². The zero-order chi connectivity index (χ0) is 17.9. The predicted octanol–water partition coefficient (Wildman–Crippen LogP) is 5.49. The summed E-state index contributed by atoms with van der Waals surface area (Å²) in [5, 5.41) is 3.53. The molecule has 0 heterocycles. The summed E-state index contributed by atoms with van der Waals surface area (Å²) in [5.41, 5.74) is 5.05. The van der Waals surface area contributed by atoms with E-state index in [0.29, 0.717) is 6.54 Å². The number of hydrogen-bond donors (Lipinski definition) is 1. The van der Waals surface area contributed by atoms with E-state index in [-0.39, 0.29) is 0 Å². The average molecular weight is 328 g/mol. The minimum absolute atomic E-state index is 0.673. The Morgan fingerprint density at radius 3 is 2.12 bits per heavy atom. The molecule has 0 saturated carbocycles. The summed E-state index contributed by atoms with van der Waals surface area (Å²) in [6, 6.07) is 20.3. The van der Waals surface area contributed by atoms with Crippen molar-refractivity contribution in [2.75, 3.05) is 6.54 Å². The van der Waals surface area contributed by atoms with Gasteiger partial charge in [-0.25, -0.2) is 0 Å². The Morgan fingerprint density at radius 2 is 1.60 bits per heavy atom. The molecule has 0 spiro atoms. The van der Waals surface area contributed by atoms with Gasteiger partial charge in [0.15, 0.2) is 0 Å². The maximum atomic E-state index is 4.31. The molecule has 2 heteroatoms. The zero-order valence-electron chi connectivity index (χ0n) is 14.7. The summed E-state index contributed by atoms with van der Waals surface area (Å²) in [6.45, 7) is 10.3. The lowest BCUT2D eigenvalue weighted by Crippen LogP contribution is -2.16. The van der Waals surface area contributed by atoms with E-state index in [2.05, 4.69) is 41.8 Å². The normalized spacial score (nSPS) is 12.6. The zero-order valence-corrected chi connectivity index (χ0v) is 14.7. The topological polar surface area (TPSA) is 24.4 Å². The molecule has 0 radical (unpaired) electrons. The Kier molecular flexibility index (Phi) is 7.20. The highest BCUT2D eigenvalue weighted by Gasteiger charge is 2.10. The van der Waals surface area contributed by atoms with Gasteiger partial charge in [0.25, 0.3) is 0 Å². The number of benzene rings is 2. The second-order valence-electron chi connectivity index (χ2n) is 5.44. The van der Waals surface area contributed by atoms with Crippen LogP contribution >= 0.6 is 0 Å². The van der Waals surface area contributed by atoms with Gasteiger partial charge in [0.2, 0.25) is 0 Å². The Morgan fingerprint density at radius 1 is 1.00 bits per heavy atom. The van der Waals surface area contributed by atoms with Crippen molar-refractivity contribution in [1.29, 1.82) is 0 Å². The lowest BCUT2D eigenvalue weighted by Gasteiger charge is -2.16. The third-order valence-electron chi connectivity index (χ3n) is 3.69. The Hall–Kier alpha value is -3.13. The van der Waals surface area contributed by atoms with Crippen molar-refractivity contribution in [2.45, 2.75) is 6.92 Å². The first-order valence-corrected chi connectivity index (χ1v) is 8.30. The molecule has 25 heavy (non-hydrogen) atoms. The van der Waals surface area contributed by atoms with Crippen LogP contribution in [0.15, 0.2) is 102 Å². The van der Waals surface area contributed by atoms with E-state index >= 15 is 0 Å². The number of aliphatic imine (C=N–C) groups is 1. The molecule has 0 aromatic heterocycles. The van der Waals surface area contributed by atoms with Crippen LogP contribution in [0.25, 0.3) is 11.4 Å². The van der Waals surface area contributed by atoms with Crippen LogP contribution < -0.4 is 5.32 Å². The van der Waals surface area contributed by atoms with Crippen molar-refractivity contribution >= 4 is 18.1 Å². The van der Waals surface area contributed by atoms with Crippen LogP contribution in [0.3, 0.4) is 0 Å². The van der Waals surface area contributed by atoms with Gasteiger partial charge in [-0.2, -0.15) is 0 Å². The van der Waals surface area contributed by atoms with Crippen LogP contribution in [0.2, 0.25) is 0 Å². The van der Waals surface area contributed by atoms with Crippen LogP contribution in [0, 0.1) is 0 Å². The molecule has 0 aliphatic heterocycles. The van der Waals surface area contributed by atoms with Crippen molar-refractivity contribution in [3.8, 4) is 0 Å². The maximum absolute atomic E-state index is 4.31. The first kappa shape index (κ1) is 18.2. The molecule has 0 saturated heterocycles. The fourth-order valence-electron chi connectivity index (χ4n) is 2.57. The van der Waals surface area contributed by atoms with Crippen LogP contribution in [0.5, 0.6) is 0 Å². The molecule has 2 aromatic carbocycles. The van der Waals surface area contributed by atoms with Gasteiger partial charge >= 0.3 is 0 Å². The fourth-order valence-corrected chi connectivity index (χ4v) is 2.57. The molecular weight excluding hydrogens is 304 g/mol. The van der Waals surface area contributed by atoms with Crippen molar-refractivity contribution in [2.24, 2.45) is 4.99 Å². The van der Waals surface area contributed by atoms with Gasteiger partial charge in [0.05, 0.1) is 11.4 Å². The minimum Gasteiger partial charge on any atom is -0.379 e. The monoisotopic (exact) mass is 328 g/mol.